The Hall–Kier alpha value is -1.14. The third-order valence-electron chi connectivity index (χ3n) is 3.21. The van der Waals surface area contributed by atoms with E-state index in [1.165, 1.54) is 0 Å². The highest BCUT2D eigenvalue weighted by Crippen LogP contribution is 2.20. The molecule has 0 aromatic carbocycles. The Morgan fingerprint density at radius 3 is 2.85 bits per heavy atom. The molecule has 20 heavy (non-hydrogen) atoms. The van der Waals surface area contributed by atoms with Gasteiger partial charge >= 0.3 is 6.03 Å². The standard InChI is InChI=1S/C14H25N3O2S/c1-4-11(12-15-8-9-20-12)17-13(19)16-7-5-6-14(2,3)10-18/h8-9,11,18H,4-7,10H2,1-3H3,(H2,16,17,19). The minimum atomic E-state index is -0.158. The second-order valence-electron chi connectivity index (χ2n) is 5.66. The van der Waals surface area contributed by atoms with Crippen molar-refractivity contribution in [2.24, 2.45) is 5.41 Å². The van der Waals surface area contributed by atoms with E-state index in [1.54, 1.807) is 17.5 Å². The number of thiazole rings is 1. The fourth-order valence-corrected chi connectivity index (χ4v) is 2.57. The predicted octanol–water partition coefficient (Wildman–Crippen LogP) is 2.69. The van der Waals surface area contributed by atoms with Crippen LogP contribution >= 0.6 is 11.3 Å². The van der Waals surface area contributed by atoms with Gasteiger partial charge in [-0.05, 0) is 24.7 Å². The Balaban J connectivity index is 2.26. The number of aliphatic hydroxyl groups excluding tert-OH is 1. The summed E-state index contributed by atoms with van der Waals surface area (Å²) in [5.41, 5.74) is -0.0784. The first-order valence-corrected chi connectivity index (χ1v) is 7.91. The molecule has 1 unspecified atom stereocenters. The SMILES string of the molecule is CCC(NC(=O)NCCCC(C)(C)CO)c1nccs1. The smallest absolute Gasteiger partial charge is 0.315 e. The van der Waals surface area contributed by atoms with Gasteiger partial charge in [-0.15, -0.1) is 11.3 Å². The number of hydrogen-bond acceptors (Lipinski definition) is 4. The van der Waals surface area contributed by atoms with Crippen LogP contribution in [0.3, 0.4) is 0 Å². The summed E-state index contributed by atoms with van der Waals surface area (Å²) in [6, 6.07) is -0.183. The van der Waals surface area contributed by atoms with Crippen LogP contribution in [0.1, 0.15) is 51.1 Å². The van der Waals surface area contributed by atoms with Crippen molar-refractivity contribution in [2.75, 3.05) is 13.2 Å². The number of amides is 2. The molecule has 0 aliphatic heterocycles. The lowest BCUT2D eigenvalue weighted by Gasteiger charge is -2.21. The Kier molecular flexibility index (Phi) is 6.95. The minimum Gasteiger partial charge on any atom is -0.396 e. The van der Waals surface area contributed by atoms with Crippen LogP contribution in [-0.4, -0.2) is 29.3 Å². The molecule has 0 aliphatic rings. The van der Waals surface area contributed by atoms with Crippen LogP contribution in [0, 0.1) is 5.41 Å². The van der Waals surface area contributed by atoms with Gasteiger partial charge in [-0.3, -0.25) is 0 Å². The van der Waals surface area contributed by atoms with E-state index in [0.717, 1.165) is 24.3 Å². The molecule has 0 saturated heterocycles. The molecule has 6 heteroatoms. The average Bonchev–Trinajstić information content (AvgIpc) is 2.95. The number of urea groups is 1. The van der Waals surface area contributed by atoms with Crippen molar-refractivity contribution in [3.8, 4) is 0 Å². The Morgan fingerprint density at radius 1 is 1.55 bits per heavy atom. The molecule has 0 radical (unpaired) electrons. The van der Waals surface area contributed by atoms with Gasteiger partial charge in [0.05, 0.1) is 6.04 Å². The maximum absolute atomic E-state index is 11.8. The second-order valence-corrected chi connectivity index (χ2v) is 6.58. The van der Waals surface area contributed by atoms with Crippen LogP contribution in [0.15, 0.2) is 11.6 Å². The summed E-state index contributed by atoms with van der Waals surface area (Å²) in [7, 11) is 0. The minimum absolute atomic E-state index is 0.0242. The van der Waals surface area contributed by atoms with E-state index < -0.39 is 0 Å². The number of nitrogens with zero attached hydrogens (tertiary/aromatic N) is 1. The molecule has 0 aliphatic carbocycles. The second kappa shape index (κ2) is 8.21. The van der Waals surface area contributed by atoms with Gasteiger partial charge in [-0.1, -0.05) is 20.8 Å². The molecule has 5 nitrogen and oxygen atoms in total. The summed E-state index contributed by atoms with van der Waals surface area (Å²) < 4.78 is 0. The molecule has 0 bridgehead atoms. The van der Waals surface area contributed by atoms with Gasteiger partial charge in [-0.25, -0.2) is 9.78 Å². The topological polar surface area (TPSA) is 74.2 Å². The van der Waals surface area contributed by atoms with E-state index in [-0.39, 0.29) is 24.1 Å². The van der Waals surface area contributed by atoms with Gasteiger partial charge in [0.25, 0.3) is 0 Å². The van der Waals surface area contributed by atoms with Crippen LogP contribution in [0.4, 0.5) is 4.79 Å². The van der Waals surface area contributed by atoms with Gasteiger partial charge in [0.15, 0.2) is 0 Å². The van der Waals surface area contributed by atoms with E-state index in [4.69, 9.17) is 5.11 Å². The highest BCUT2D eigenvalue weighted by Gasteiger charge is 2.17. The van der Waals surface area contributed by atoms with Gasteiger partial charge < -0.3 is 15.7 Å². The zero-order chi connectivity index (χ0) is 15.0. The Labute approximate surface area is 124 Å². The first kappa shape index (κ1) is 16.9. The van der Waals surface area contributed by atoms with Crippen LogP contribution in [0.25, 0.3) is 0 Å². The largest absolute Gasteiger partial charge is 0.396 e. The van der Waals surface area contributed by atoms with Crippen LogP contribution in [-0.2, 0) is 0 Å². The summed E-state index contributed by atoms with van der Waals surface area (Å²) in [6.45, 7) is 6.84. The van der Waals surface area contributed by atoms with E-state index in [0.29, 0.717) is 6.54 Å². The Bertz CT molecular complexity index is 393. The molecule has 0 saturated carbocycles. The number of aromatic nitrogens is 1. The van der Waals surface area contributed by atoms with E-state index in [1.807, 2.05) is 26.2 Å². The number of carbonyl (C=O) groups excluding carboxylic acids is 1. The van der Waals surface area contributed by atoms with Crippen LogP contribution in [0.2, 0.25) is 0 Å². The van der Waals surface area contributed by atoms with Gasteiger partial charge in [-0.2, -0.15) is 0 Å². The first-order valence-electron chi connectivity index (χ1n) is 7.03. The predicted molar refractivity (Wildman–Crippen MR) is 81.8 cm³/mol. The third-order valence-corrected chi connectivity index (χ3v) is 4.10. The molecule has 0 spiro atoms. The zero-order valence-electron chi connectivity index (χ0n) is 12.5. The normalized spacial score (nSPS) is 13.0. The number of rotatable bonds is 8. The molecular weight excluding hydrogens is 274 g/mol. The van der Waals surface area contributed by atoms with Crippen molar-refractivity contribution in [3.05, 3.63) is 16.6 Å². The molecule has 1 aromatic rings. The lowest BCUT2D eigenvalue weighted by Crippen LogP contribution is -2.38. The summed E-state index contributed by atoms with van der Waals surface area (Å²) in [6.07, 6.45) is 4.31. The maximum Gasteiger partial charge on any atom is 0.315 e. The lowest BCUT2D eigenvalue weighted by atomic mass is 9.89. The van der Waals surface area contributed by atoms with Crippen molar-refractivity contribution < 1.29 is 9.90 Å². The molecular formula is C14H25N3O2S. The fraction of sp³-hybridized carbons (Fsp3) is 0.714. The van der Waals surface area contributed by atoms with Crippen molar-refractivity contribution in [1.29, 1.82) is 0 Å². The third kappa shape index (κ3) is 5.88. The summed E-state index contributed by atoms with van der Waals surface area (Å²) in [4.78, 5) is 16.0. The molecule has 1 aromatic heterocycles. The van der Waals surface area contributed by atoms with E-state index in [9.17, 15) is 4.79 Å². The molecule has 1 heterocycles. The number of nitrogens with one attached hydrogen (secondary N) is 2. The highest BCUT2D eigenvalue weighted by atomic mass is 32.1. The summed E-state index contributed by atoms with van der Waals surface area (Å²) >= 11 is 1.55. The van der Waals surface area contributed by atoms with Crippen molar-refractivity contribution in [3.63, 3.8) is 0 Å². The first-order chi connectivity index (χ1) is 9.48. The van der Waals surface area contributed by atoms with Gasteiger partial charge in [0, 0.05) is 24.7 Å². The lowest BCUT2D eigenvalue weighted by molar-refractivity contribution is 0.148. The summed E-state index contributed by atoms with van der Waals surface area (Å²) in [5.74, 6) is 0. The highest BCUT2D eigenvalue weighted by molar-refractivity contribution is 7.09. The monoisotopic (exact) mass is 299 g/mol. The van der Waals surface area contributed by atoms with Crippen LogP contribution in [0.5, 0.6) is 0 Å². The Morgan fingerprint density at radius 2 is 2.30 bits per heavy atom. The van der Waals surface area contributed by atoms with Gasteiger partial charge in [0.1, 0.15) is 5.01 Å². The molecule has 2 amide bonds. The molecule has 1 rings (SSSR count). The number of carbonyl (C=O) groups is 1. The average molecular weight is 299 g/mol. The summed E-state index contributed by atoms with van der Waals surface area (Å²) in [5, 5.41) is 17.8. The van der Waals surface area contributed by atoms with Gasteiger partial charge in [0.2, 0.25) is 0 Å². The van der Waals surface area contributed by atoms with Crippen molar-refractivity contribution in [2.45, 2.75) is 46.1 Å². The molecule has 3 N–H and O–H groups in total. The zero-order valence-corrected chi connectivity index (χ0v) is 13.3. The quantitative estimate of drug-likeness (QED) is 0.646. The molecule has 0 fully saturated rings. The van der Waals surface area contributed by atoms with Crippen molar-refractivity contribution in [1.82, 2.24) is 15.6 Å². The molecule has 114 valence electrons. The van der Waals surface area contributed by atoms with Crippen LogP contribution < -0.4 is 10.6 Å². The number of aliphatic hydroxyl groups is 1. The molecule has 1 atom stereocenters. The fourth-order valence-electron chi connectivity index (χ4n) is 1.80. The van der Waals surface area contributed by atoms with Crippen molar-refractivity contribution >= 4 is 17.4 Å². The van der Waals surface area contributed by atoms with E-state index in [2.05, 4.69) is 15.6 Å². The van der Waals surface area contributed by atoms with E-state index >= 15 is 0 Å². The maximum atomic E-state index is 11.8. The number of hydrogen-bond donors (Lipinski definition) is 3.